The van der Waals surface area contributed by atoms with Crippen LogP contribution in [-0.2, 0) is 17.6 Å². The Morgan fingerprint density at radius 1 is 1.29 bits per heavy atom. The zero-order valence-electron chi connectivity index (χ0n) is 14.2. The van der Waals surface area contributed by atoms with Gasteiger partial charge in [-0.3, -0.25) is 0 Å². The van der Waals surface area contributed by atoms with Gasteiger partial charge in [0.1, 0.15) is 6.61 Å². The summed E-state index contributed by atoms with van der Waals surface area (Å²) >= 11 is 0. The number of fused-ring (bicyclic) bond motifs is 1. The van der Waals surface area contributed by atoms with Crippen LogP contribution in [0.1, 0.15) is 61.1 Å². The highest BCUT2D eigenvalue weighted by Gasteiger charge is 2.46. The molecule has 1 aromatic carbocycles. The van der Waals surface area contributed by atoms with E-state index in [1.165, 1.54) is 23.1 Å². The maximum Gasteiger partial charge on any atom is 0.407 e. The van der Waals surface area contributed by atoms with Crippen molar-refractivity contribution in [3.63, 3.8) is 0 Å². The number of ether oxygens (including phenoxy) is 1. The molecule has 4 nitrogen and oxygen atoms in total. The fourth-order valence-corrected chi connectivity index (χ4v) is 4.88. The van der Waals surface area contributed by atoms with E-state index in [-0.39, 0.29) is 11.6 Å². The standard InChI is InChI=1S/C20H27NO3/c22-9-1-2-14-3-4-16-11-17(6-5-15(16)10-14)18-7-8-20(12-18)13-24-19(23)21-20/h5-6,11,14,18,22H,1-4,7-10,12-13H2,(H,21,23)/t14-,18-,20+/m0/s1. The Balaban J connectivity index is 1.44. The zero-order valence-corrected chi connectivity index (χ0v) is 14.2. The summed E-state index contributed by atoms with van der Waals surface area (Å²) in [5.74, 6) is 1.26. The number of aliphatic hydroxyl groups is 1. The normalized spacial score (nSPS) is 31.8. The number of aryl methyl sites for hydroxylation is 1. The summed E-state index contributed by atoms with van der Waals surface area (Å²) in [6.07, 6.45) is 8.52. The smallest absolute Gasteiger partial charge is 0.407 e. The lowest BCUT2D eigenvalue weighted by Gasteiger charge is -2.26. The number of benzene rings is 1. The van der Waals surface area contributed by atoms with Crippen molar-refractivity contribution in [2.24, 2.45) is 5.92 Å². The molecule has 1 aliphatic heterocycles. The van der Waals surface area contributed by atoms with Gasteiger partial charge in [-0.05, 0) is 79.9 Å². The number of rotatable bonds is 4. The maximum absolute atomic E-state index is 11.4. The molecule has 1 spiro atoms. The lowest BCUT2D eigenvalue weighted by molar-refractivity contribution is 0.172. The van der Waals surface area contributed by atoms with E-state index < -0.39 is 0 Å². The Morgan fingerprint density at radius 2 is 2.21 bits per heavy atom. The fraction of sp³-hybridized carbons (Fsp3) is 0.650. The van der Waals surface area contributed by atoms with Gasteiger partial charge in [-0.25, -0.2) is 4.79 Å². The summed E-state index contributed by atoms with van der Waals surface area (Å²) < 4.78 is 5.14. The summed E-state index contributed by atoms with van der Waals surface area (Å²) in [5, 5.41) is 12.1. The average molecular weight is 329 g/mol. The largest absolute Gasteiger partial charge is 0.447 e. The third-order valence-corrected chi connectivity index (χ3v) is 6.26. The first-order chi connectivity index (χ1) is 11.7. The van der Waals surface area contributed by atoms with Gasteiger partial charge in [-0.2, -0.15) is 0 Å². The number of aliphatic hydroxyl groups excluding tert-OH is 1. The third-order valence-electron chi connectivity index (χ3n) is 6.26. The molecule has 1 saturated heterocycles. The molecule has 3 atom stereocenters. The number of carbonyl (C=O) groups is 1. The van der Waals surface area contributed by atoms with Crippen molar-refractivity contribution in [1.82, 2.24) is 5.32 Å². The molecule has 1 saturated carbocycles. The first-order valence-corrected chi connectivity index (χ1v) is 9.35. The quantitative estimate of drug-likeness (QED) is 0.891. The van der Waals surface area contributed by atoms with Gasteiger partial charge in [0.2, 0.25) is 0 Å². The minimum absolute atomic E-state index is 0.118. The molecule has 2 fully saturated rings. The van der Waals surface area contributed by atoms with Crippen LogP contribution in [0.15, 0.2) is 18.2 Å². The minimum atomic E-state index is -0.255. The van der Waals surface area contributed by atoms with E-state index in [9.17, 15) is 4.79 Å². The molecule has 1 amide bonds. The molecule has 0 unspecified atom stereocenters. The van der Waals surface area contributed by atoms with E-state index in [1.807, 2.05) is 0 Å². The number of nitrogens with one attached hydrogen (secondary N) is 1. The molecule has 4 rings (SSSR count). The molecule has 3 aliphatic rings. The topological polar surface area (TPSA) is 58.6 Å². The molecular weight excluding hydrogens is 302 g/mol. The predicted octanol–water partition coefficient (Wildman–Crippen LogP) is 3.31. The molecule has 0 aromatic heterocycles. The maximum atomic E-state index is 11.4. The van der Waals surface area contributed by atoms with Crippen LogP contribution in [-0.4, -0.2) is 30.0 Å². The number of cyclic esters (lactones) is 1. The Labute approximate surface area is 143 Å². The predicted molar refractivity (Wildman–Crippen MR) is 92.1 cm³/mol. The molecule has 2 aliphatic carbocycles. The average Bonchev–Trinajstić information content (AvgIpc) is 3.18. The van der Waals surface area contributed by atoms with Crippen molar-refractivity contribution in [1.29, 1.82) is 0 Å². The summed E-state index contributed by atoms with van der Waals surface area (Å²) in [6.45, 7) is 0.839. The van der Waals surface area contributed by atoms with E-state index >= 15 is 0 Å². The molecular formula is C20H27NO3. The van der Waals surface area contributed by atoms with Gasteiger partial charge < -0.3 is 15.2 Å². The molecule has 2 N–H and O–H groups in total. The van der Waals surface area contributed by atoms with Crippen LogP contribution < -0.4 is 5.32 Å². The van der Waals surface area contributed by atoms with Crippen LogP contribution in [0.5, 0.6) is 0 Å². The van der Waals surface area contributed by atoms with E-state index in [1.54, 1.807) is 0 Å². The monoisotopic (exact) mass is 329 g/mol. The first-order valence-electron chi connectivity index (χ1n) is 9.35. The van der Waals surface area contributed by atoms with Gasteiger partial charge in [0.15, 0.2) is 0 Å². The lowest BCUT2D eigenvalue weighted by atomic mass is 9.80. The fourth-order valence-electron chi connectivity index (χ4n) is 4.88. The van der Waals surface area contributed by atoms with E-state index in [0.29, 0.717) is 19.1 Å². The Morgan fingerprint density at radius 3 is 3.00 bits per heavy atom. The SMILES string of the molecule is O=C1N[C@@]2(CC[C@H](c3ccc4c(c3)CC[C@H](CCCO)C4)C2)CO1. The number of alkyl carbamates (subject to hydrolysis) is 1. The van der Waals surface area contributed by atoms with Gasteiger partial charge >= 0.3 is 6.09 Å². The zero-order chi connectivity index (χ0) is 16.6. The molecule has 1 heterocycles. The Kier molecular flexibility index (Phi) is 4.25. The number of hydrogen-bond donors (Lipinski definition) is 2. The van der Waals surface area contributed by atoms with Crippen molar-refractivity contribution < 1.29 is 14.6 Å². The van der Waals surface area contributed by atoms with E-state index in [2.05, 4.69) is 23.5 Å². The van der Waals surface area contributed by atoms with Crippen LogP contribution in [0.4, 0.5) is 4.79 Å². The minimum Gasteiger partial charge on any atom is -0.447 e. The highest BCUT2D eigenvalue weighted by atomic mass is 16.6. The second-order valence-corrected chi connectivity index (χ2v) is 7.92. The number of hydrogen-bond acceptors (Lipinski definition) is 3. The summed E-state index contributed by atoms with van der Waals surface area (Å²) in [5.41, 5.74) is 4.33. The van der Waals surface area contributed by atoms with Gasteiger partial charge in [0.05, 0.1) is 5.54 Å². The summed E-state index contributed by atoms with van der Waals surface area (Å²) in [7, 11) is 0. The highest BCUT2D eigenvalue weighted by Crippen LogP contribution is 2.43. The van der Waals surface area contributed by atoms with Crippen LogP contribution in [0.25, 0.3) is 0 Å². The molecule has 0 radical (unpaired) electrons. The van der Waals surface area contributed by atoms with Gasteiger partial charge in [0, 0.05) is 6.61 Å². The van der Waals surface area contributed by atoms with Gasteiger partial charge in [-0.15, -0.1) is 0 Å². The van der Waals surface area contributed by atoms with Crippen molar-refractivity contribution in [2.45, 2.75) is 62.8 Å². The van der Waals surface area contributed by atoms with Crippen LogP contribution in [0.3, 0.4) is 0 Å². The first kappa shape index (κ1) is 15.9. The molecule has 130 valence electrons. The van der Waals surface area contributed by atoms with Gasteiger partial charge in [-0.1, -0.05) is 18.2 Å². The Bertz CT molecular complexity index is 629. The van der Waals surface area contributed by atoms with Crippen molar-refractivity contribution >= 4 is 6.09 Å². The summed E-state index contributed by atoms with van der Waals surface area (Å²) in [6, 6.07) is 7.04. The second-order valence-electron chi connectivity index (χ2n) is 7.92. The lowest BCUT2D eigenvalue weighted by Crippen LogP contribution is -2.40. The van der Waals surface area contributed by atoms with Crippen molar-refractivity contribution in [2.75, 3.05) is 13.2 Å². The number of carbonyl (C=O) groups excluding carboxylic acids is 1. The van der Waals surface area contributed by atoms with Crippen LogP contribution in [0, 0.1) is 5.92 Å². The van der Waals surface area contributed by atoms with Crippen molar-refractivity contribution in [3.05, 3.63) is 34.9 Å². The molecule has 0 bridgehead atoms. The van der Waals surface area contributed by atoms with Crippen LogP contribution in [0.2, 0.25) is 0 Å². The molecule has 4 heteroatoms. The van der Waals surface area contributed by atoms with Crippen molar-refractivity contribution in [3.8, 4) is 0 Å². The van der Waals surface area contributed by atoms with Crippen LogP contribution >= 0.6 is 0 Å². The van der Waals surface area contributed by atoms with E-state index in [4.69, 9.17) is 9.84 Å². The molecule has 1 aromatic rings. The highest BCUT2D eigenvalue weighted by molar-refractivity contribution is 5.70. The summed E-state index contributed by atoms with van der Waals surface area (Å²) in [4.78, 5) is 11.4. The molecule has 24 heavy (non-hydrogen) atoms. The second kappa shape index (κ2) is 6.40. The third kappa shape index (κ3) is 3.04. The van der Waals surface area contributed by atoms with E-state index in [0.717, 1.165) is 50.9 Å². The Hall–Kier alpha value is -1.55. The number of amides is 1. The van der Waals surface area contributed by atoms with Gasteiger partial charge in [0.25, 0.3) is 0 Å².